The quantitative estimate of drug-likeness (QED) is 0.781. The van der Waals surface area contributed by atoms with Crippen LogP contribution in [0.15, 0.2) is 34.8 Å². The second kappa shape index (κ2) is 5.33. The summed E-state index contributed by atoms with van der Waals surface area (Å²) in [6, 6.07) is 8.18. The van der Waals surface area contributed by atoms with Crippen molar-refractivity contribution in [2.24, 2.45) is 17.3 Å². The van der Waals surface area contributed by atoms with Crippen molar-refractivity contribution in [3.8, 4) is 0 Å². The molecule has 0 bridgehead atoms. The fourth-order valence-electron chi connectivity index (χ4n) is 3.53. The molecule has 0 aromatic heterocycles. The molecule has 1 aliphatic heterocycles. The van der Waals surface area contributed by atoms with Crippen LogP contribution in [-0.4, -0.2) is 12.5 Å². The second-order valence-electron chi connectivity index (χ2n) is 6.50. The molecule has 2 atom stereocenters. The number of allylic oxidation sites excluding steroid dienone is 1. The monoisotopic (exact) mass is 323 g/mol. The lowest BCUT2D eigenvalue weighted by Gasteiger charge is -2.30. The summed E-state index contributed by atoms with van der Waals surface area (Å²) < 4.78 is 0.252. The number of hydrogen-bond acceptors (Lipinski definition) is 1. The first-order valence-corrected chi connectivity index (χ1v) is 8.10. The Morgan fingerprint density at radius 3 is 2.76 bits per heavy atom. The average Bonchev–Trinajstić information content (AvgIpc) is 2.97. The Hall–Kier alpha value is -0.990. The maximum absolute atomic E-state index is 12.9. The highest BCUT2D eigenvalue weighted by Crippen LogP contribution is 2.60. The van der Waals surface area contributed by atoms with E-state index in [-0.39, 0.29) is 27.6 Å². The number of fused-ring (bicyclic) bond motifs is 1. The van der Waals surface area contributed by atoms with Gasteiger partial charge in [0.1, 0.15) is 4.49 Å². The molecule has 3 rings (SSSR count). The number of para-hydroxylation sites is 1. The van der Waals surface area contributed by atoms with Gasteiger partial charge in [0.05, 0.1) is 5.92 Å². The minimum absolute atomic E-state index is 0.0313. The lowest BCUT2D eigenvalue weighted by atomic mass is 10.0. The summed E-state index contributed by atoms with van der Waals surface area (Å²) in [6.07, 6.45) is 3.87. The third-order valence-electron chi connectivity index (χ3n) is 4.86. The van der Waals surface area contributed by atoms with Crippen LogP contribution in [0.4, 0.5) is 5.69 Å². The van der Waals surface area contributed by atoms with Gasteiger partial charge in [-0.1, -0.05) is 55.2 Å². The molecule has 1 aromatic carbocycles. The van der Waals surface area contributed by atoms with Gasteiger partial charge < -0.3 is 4.90 Å². The van der Waals surface area contributed by atoms with E-state index >= 15 is 0 Å². The first-order valence-electron chi connectivity index (χ1n) is 7.35. The van der Waals surface area contributed by atoms with Crippen molar-refractivity contribution in [3.05, 3.63) is 40.4 Å². The van der Waals surface area contributed by atoms with Crippen molar-refractivity contribution >= 4 is 34.8 Å². The largest absolute Gasteiger partial charge is 0.312 e. The Morgan fingerprint density at radius 2 is 2.05 bits per heavy atom. The van der Waals surface area contributed by atoms with Crippen molar-refractivity contribution < 1.29 is 4.79 Å². The molecule has 0 unspecified atom stereocenters. The molecule has 1 heterocycles. The van der Waals surface area contributed by atoms with Crippen LogP contribution in [0.25, 0.3) is 0 Å². The number of anilines is 1. The molecule has 1 aliphatic carbocycles. The standard InChI is InChI=1S/C17H19Cl2NO/c1-17(2)12(10-14(18)19)15(17)16(21)20-9-5-7-11-6-3-4-8-13(11)20/h3-4,6,8,10,12,15H,5,7,9H2,1-2H3/t12-,15+/m1/s1. The average molecular weight is 324 g/mol. The van der Waals surface area contributed by atoms with Gasteiger partial charge in [0.15, 0.2) is 0 Å². The highest BCUT2D eigenvalue weighted by molar-refractivity contribution is 6.55. The molecule has 112 valence electrons. The van der Waals surface area contributed by atoms with Gasteiger partial charge in [-0.3, -0.25) is 4.79 Å². The van der Waals surface area contributed by atoms with Crippen molar-refractivity contribution in [2.75, 3.05) is 11.4 Å². The predicted octanol–water partition coefficient (Wildman–Crippen LogP) is 4.56. The van der Waals surface area contributed by atoms with Crippen LogP contribution >= 0.6 is 23.2 Å². The topological polar surface area (TPSA) is 20.3 Å². The van der Waals surface area contributed by atoms with Gasteiger partial charge in [0.25, 0.3) is 0 Å². The van der Waals surface area contributed by atoms with Crippen molar-refractivity contribution in [1.29, 1.82) is 0 Å². The van der Waals surface area contributed by atoms with E-state index in [9.17, 15) is 4.79 Å². The van der Waals surface area contributed by atoms with Crippen molar-refractivity contribution in [2.45, 2.75) is 26.7 Å². The van der Waals surface area contributed by atoms with Crippen LogP contribution in [0.3, 0.4) is 0 Å². The molecule has 1 fully saturated rings. The first kappa shape index (κ1) is 14.9. The molecule has 2 nitrogen and oxygen atoms in total. The third kappa shape index (κ3) is 2.60. The molecule has 1 aromatic rings. The molecule has 0 radical (unpaired) electrons. The zero-order valence-electron chi connectivity index (χ0n) is 12.3. The Balaban J connectivity index is 1.86. The maximum Gasteiger partial charge on any atom is 0.231 e. The minimum atomic E-state index is -0.0709. The zero-order chi connectivity index (χ0) is 15.2. The van der Waals surface area contributed by atoms with E-state index in [2.05, 4.69) is 19.9 Å². The Labute approximate surface area is 135 Å². The smallest absolute Gasteiger partial charge is 0.231 e. The van der Waals surface area contributed by atoms with Gasteiger partial charge >= 0.3 is 0 Å². The van der Waals surface area contributed by atoms with Gasteiger partial charge in [-0.05, 0) is 41.9 Å². The van der Waals surface area contributed by atoms with Crippen molar-refractivity contribution in [3.63, 3.8) is 0 Å². The number of nitrogens with zero attached hydrogens (tertiary/aromatic N) is 1. The van der Waals surface area contributed by atoms with Gasteiger partial charge in [0.2, 0.25) is 5.91 Å². The third-order valence-corrected chi connectivity index (χ3v) is 5.11. The number of halogens is 2. The molecule has 1 saturated carbocycles. The van der Waals surface area contributed by atoms with Crippen LogP contribution < -0.4 is 4.90 Å². The molecule has 2 aliphatic rings. The SMILES string of the molecule is CC1(C)[C@H](C=C(Cl)Cl)[C@H]1C(=O)N1CCCc2ccccc21. The summed E-state index contributed by atoms with van der Waals surface area (Å²) in [5.41, 5.74) is 2.26. The predicted molar refractivity (Wildman–Crippen MR) is 87.7 cm³/mol. The summed E-state index contributed by atoms with van der Waals surface area (Å²) >= 11 is 11.6. The molecular formula is C17H19Cl2NO. The van der Waals surface area contributed by atoms with Crippen LogP contribution in [-0.2, 0) is 11.2 Å². The van der Waals surface area contributed by atoms with Crippen LogP contribution in [0.5, 0.6) is 0 Å². The van der Waals surface area contributed by atoms with E-state index in [4.69, 9.17) is 23.2 Å². The van der Waals surface area contributed by atoms with Crippen LogP contribution in [0.1, 0.15) is 25.8 Å². The Bertz CT molecular complexity index is 605. The number of benzene rings is 1. The fraction of sp³-hybridized carbons (Fsp3) is 0.471. The van der Waals surface area contributed by atoms with E-state index in [1.165, 1.54) is 5.56 Å². The van der Waals surface area contributed by atoms with Gasteiger partial charge in [-0.25, -0.2) is 0 Å². The summed E-state index contributed by atoms with van der Waals surface area (Å²) in [5, 5.41) is 0. The van der Waals surface area contributed by atoms with E-state index in [0.717, 1.165) is 25.1 Å². The molecule has 0 saturated heterocycles. The van der Waals surface area contributed by atoms with Gasteiger partial charge in [-0.2, -0.15) is 0 Å². The number of amides is 1. The Kier molecular flexibility index (Phi) is 3.79. The zero-order valence-corrected chi connectivity index (χ0v) is 13.8. The maximum atomic E-state index is 12.9. The highest BCUT2D eigenvalue weighted by Gasteiger charge is 2.61. The Morgan fingerprint density at radius 1 is 1.33 bits per heavy atom. The first-order chi connectivity index (χ1) is 9.93. The molecule has 21 heavy (non-hydrogen) atoms. The molecule has 1 amide bonds. The van der Waals surface area contributed by atoms with E-state index in [1.54, 1.807) is 0 Å². The normalized spacial score (nSPS) is 26.0. The van der Waals surface area contributed by atoms with Crippen LogP contribution in [0.2, 0.25) is 0 Å². The van der Waals surface area contributed by atoms with E-state index in [1.807, 2.05) is 29.2 Å². The number of carbonyl (C=O) groups is 1. The molecule has 0 spiro atoms. The lowest BCUT2D eigenvalue weighted by Crippen LogP contribution is -2.37. The molecule has 0 N–H and O–H groups in total. The lowest BCUT2D eigenvalue weighted by molar-refractivity contribution is -0.120. The summed E-state index contributed by atoms with van der Waals surface area (Å²) in [6.45, 7) is 5.00. The summed E-state index contributed by atoms with van der Waals surface area (Å²) in [7, 11) is 0. The number of carbonyl (C=O) groups excluding carboxylic acids is 1. The van der Waals surface area contributed by atoms with Crippen molar-refractivity contribution in [1.82, 2.24) is 0 Å². The van der Waals surface area contributed by atoms with Gasteiger partial charge in [0, 0.05) is 12.2 Å². The molecular weight excluding hydrogens is 305 g/mol. The van der Waals surface area contributed by atoms with E-state index in [0.29, 0.717) is 0 Å². The number of hydrogen-bond donors (Lipinski definition) is 0. The second-order valence-corrected chi connectivity index (χ2v) is 7.51. The van der Waals surface area contributed by atoms with Crippen LogP contribution in [0, 0.1) is 17.3 Å². The van der Waals surface area contributed by atoms with E-state index < -0.39 is 0 Å². The summed E-state index contributed by atoms with van der Waals surface area (Å²) in [5.74, 6) is 0.295. The molecule has 4 heteroatoms. The minimum Gasteiger partial charge on any atom is -0.312 e. The number of aryl methyl sites for hydroxylation is 1. The highest BCUT2D eigenvalue weighted by atomic mass is 35.5. The fourth-order valence-corrected chi connectivity index (χ4v) is 3.80. The van der Waals surface area contributed by atoms with Gasteiger partial charge in [-0.15, -0.1) is 0 Å². The number of rotatable bonds is 2. The summed E-state index contributed by atoms with van der Waals surface area (Å²) in [4.78, 5) is 14.9.